The molecule has 1 saturated heterocycles. The van der Waals surface area contributed by atoms with Crippen LogP contribution in [0.25, 0.3) is 22.3 Å². The molecule has 4 N–H and O–H groups in total. The zero-order chi connectivity index (χ0) is 34.5. The smallest absolute Gasteiger partial charge is 0.475 e. The number of alkyl halides is 6. The number of nitrogens with one attached hydrogen (secondary N) is 3. The van der Waals surface area contributed by atoms with Crippen molar-refractivity contribution in [3.8, 4) is 11.3 Å². The molecule has 11 nitrogen and oxygen atoms in total. The third kappa shape index (κ3) is 9.05. The average molecular weight is 671 g/mol. The maximum Gasteiger partial charge on any atom is 0.490 e. The second-order valence-corrected chi connectivity index (χ2v) is 10.5. The van der Waals surface area contributed by atoms with E-state index in [0.29, 0.717) is 47.2 Å². The lowest BCUT2D eigenvalue weighted by Gasteiger charge is -2.19. The molecule has 1 atom stereocenters. The van der Waals surface area contributed by atoms with Crippen LogP contribution >= 0.6 is 0 Å². The summed E-state index contributed by atoms with van der Waals surface area (Å²) in [7, 11) is 3.94. The van der Waals surface area contributed by atoms with Crippen LogP contribution in [-0.2, 0) is 18.0 Å². The molecule has 252 valence electrons. The van der Waals surface area contributed by atoms with Crippen molar-refractivity contribution in [2.75, 3.05) is 36.1 Å². The summed E-state index contributed by atoms with van der Waals surface area (Å²) in [6.07, 6.45) is -4.58. The molecule has 0 aliphatic carbocycles. The number of anilines is 3. The van der Waals surface area contributed by atoms with Crippen molar-refractivity contribution < 1.29 is 45.4 Å². The van der Waals surface area contributed by atoms with Gasteiger partial charge in [-0.1, -0.05) is 12.1 Å². The molecule has 2 amide bonds. The lowest BCUT2D eigenvalue weighted by atomic mass is 10.1. The van der Waals surface area contributed by atoms with E-state index in [0.717, 1.165) is 30.5 Å². The first-order valence-electron chi connectivity index (χ1n) is 14.0. The van der Waals surface area contributed by atoms with Crippen LogP contribution in [0.5, 0.6) is 0 Å². The summed E-state index contributed by atoms with van der Waals surface area (Å²) < 4.78 is 86.1. The van der Waals surface area contributed by atoms with Gasteiger partial charge in [-0.2, -0.15) is 36.4 Å². The number of aryl methyl sites for hydroxylation is 1. The fourth-order valence-electron chi connectivity index (χ4n) is 4.82. The molecule has 1 unspecified atom stereocenters. The number of aromatic nitrogens is 4. The van der Waals surface area contributed by atoms with Gasteiger partial charge in [0.2, 0.25) is 5.95 Å². The lowest BCUT2D eigenvalue weighted by Crippen LogP contribution is -2.27. The van der Waals surface area contributed by atoms with Gasteiger partial charge < -0.3 is 26.0 Å². The zero-order valence-corrected chi connectivity index (χ0v) is 24.9. The van der Waals surface area contributed by atoms with E-state index < -0.39 is 41.4 Å². The number of amides is 2. The quantitative estimate of drug-likeness (QED) is 0.167. The Labute approximate surface area is 262 Å². The number of hydrogen-bond donors (Lipinski definition) is 4. The predicted molar refractivity (Wildman–Crippen MR) is 158 cm³/mol. The number of fused-ring (bicyclic) bond motifs is 1. The van der Waals surface area contributed by atoms with Crippen molar-refractivity contribution >= 4 is 40.4 Å². The maximum absolute atomic E-state index is 14.0. The second-order valence-electron chi connectivity index (χ2n) is 10.5. The average Bonchev–Trinajstić information content (AvgIpc) is 3.55. The Bertz CT molecular complexity index is 1730. The monoisotopic (exact) mass is 670 g/mol. The third-order valence-corrected chi connectivity index (χ3v) is 7.21. The molecule has 1 aliphatic heterocycles. The molecule has 0 saturated carbocycles. The van der Waals surface area contributed by atoms with Gasteiger partial charge in [-0.25, -0.2) is 23.6 Å². The van der Waals surface area contributed by atoms with E-state index >= 15 is 0 Å². The van der Waals surface area contributed by atoms with Crippen LogP contribution < -0.4 is 16.0 Å². The van der Waals surface area contributed by atoms with Gasteiger partial charge in [0.25, 0.3) is 0 Å². The minimum absolute atomic E-state index is 0.351. The Morgan fingerprint density at radius 3 is 2.30 bits per heavy atom. The molecule has 3 heterocycles. The van der Waals surface area contributed by atoms with Crippen molar-refractivity contribution in [1.29, 1.82) is 0 Å². The largest absolute Gasteiger partial charge is 0.490 e. The van der Waals surface area contributed by atoms with Gasteiger partial charge in [-0.05, 0) is 63.2 Å². The van der Waals surface area contributed by atoms with Crippen molar-refractivity contribution in [2.24, 2.45) is 7.05 Å². The molecule has 47 heavy (non-hydrogen) atoms. The van der Waals surface area contributed by atoms with Crippen molar-refractivity contribution in [3.05, 3.63) is 60.0 Å². The number of benzene rings is 2. The summed E-state index contributed by atoms with van der Waals surface area (Å²) in [5.41, 5.74) is 0.760. The van der Waals surface area contributed by atoms with E-state index in [1.807, 2.05) is 0 Å². The number of carbonyl (C=O) groups is 2. The predicted octanol–water partition coefficient (Wildman–Crippen LogP) is 6.36. The van der Waals surface area contributed by atoms with E-state index in [9.17, 15) is 35.5 Å². The molecule has 1 aliphatic rings. The molecule has 18 heteroatoms. The summed E-state index contributed by atoms with van der Waals surface area (Å²) >= 11 is 0. The van der Waals surface area contributed by atoms with Crippen molar-refractivity contribution in [3.63, 3.8) is 0 Å². The topological polar surface area (TPSA) is 137 Å². The fraction of sp³-hybridized carbons (Fsp3) is 0.345. The summed E-state index contributed by atoms with van der Waals surface area (Å²) in [5, 5.41) is 20.4. The Hall–Kier alpha value is -5.00. The molecular weight excluding hydrogens is 641 g/mol. The standard InChI is InChI=1S/C27H28F4N8O.C2HF3O2/c1-38-13-3-4-19(38)11-12-32-25-33-15-20-23(37-39(2)24(20)36-25)16-5-8-18(9-6-16)34-26(40)35-22-14-17(27(29,30)31)7-10-21(22)28;3-2(4,5)1(6)7/h5-10,14-15,19H,3-4,11-13H2,1-2H3,(H,32,33,36)(H2,34,35,40);(H,6,7). The normalized spacial score (nSPS) is 15.2. The van der Waals surface area contributed by atoms with Gasteiger partial charge in [0, 0.05) is 37.1 Å². The number of urea groups is 1. The molecule has 0 bridgehead atoms. The van der Waals surface area contributed by atoms with Gasteiger partial charge in [-0.15, -0.1) is 0 Å². The third-order valence-electron chi connectivity index (χ3n) is 7.21. The maximum atomic E-state index is 14.0. The Morgan fingerprint density at radius 2 is 1.70 bits per heavy atom. The fourth-order valence-corrected chi connectivity index (χ4v) is 4.82. The molecule has 2 aromatic heterocycles. The number of hydrogen-bond acceptors (Lipinski definition) is 7. The van der Waals surface area contributed by atoms with Crippen LogP contribution in [0.4, 0.5) is 52.9 Å². The van der Waals surface area contributed by atoms with Gasteiger partial charge in [0.15, 0.2) is 5.65 Å². The highest BCUT2D eigenvalue weighted by molar-refractivity contribution is 6.00. The number of halogens is 7. The second kappa shape index (κ2) is 14.2. The molecule has 1 fully saturated rings. The number of carboxylic acid groups (broad SMARTS) is 1. The van der Waals surface area contributed by atoms with Crippen LogP contribution in [-0.4, -0.2) is 74.1 Å². The number of aliphatic carboxylic acids is 1. The number of carboxylic acids is 1. The first-order chi connectivity index (χ1) is 22.0. The molecular formula is C29H29F7N8O3. The first kappa shape index (κ1) is 34.9. The van der Waals surface area contributed by atoms with E-state index in [1.54, 1.807) is 42.2 Å². The number of carbonyl (C=O) groups excluding carboxylic acids is 1. The minimum atomic E-state index is -5.08. The van der Waals surface area contributed by atoms with E-state index in [1.165, 1.54) is 12.8 Å². The van der Waals surface area contributed by atoms with E-state index in [4.69, 9.17) is 9.90 Å². The van der Waals surface area contributed by atoms with Crippen LogP contribution in [0, 0.1) is 5.82 Å². The van der Waals surface area contributed by atoms with E-state index in [2.05, 4.69) is 43.0 Å². The highest BCUT2D eigenvalue weighted by Gasteiger charge is 2.38. The molecule has 2 aromatic carbocycles. The Kier molecular flexibility index (Phi) is 10.5. The number of rotatable bonds is 7. The Morgan fingerprint density at radius 1 is 1.02 bits per heavy atom. The number of likely N-dealkylation sites (tertiary alicyclic amines) is 1. The highest BCUT2D eigenvalue weighted by Crippen LogP contribution is 2.32. The van der Waals surface area contributed by atoms with Crippen LogP contribution in [0.15, 0.2) is 48.7 Å². The minimum Gasteiger partial charge on any atom is -0.475 e. The lowest BCUT2D eigenvalue weighted by molar-refractivity contribution is -0.192. The summed E-state index contributed by atoms with van der Waals surface area (Å²) in [6.45, 7) is 1.91. The SMILES string of the molecule is CN1CCCC1CCNc1ncc2c(-c3ccc(NC(=O)Nc4cc(C(F)(F)F)ccc4F)cc3)nn(C)c2n1.O=C(O)C(F)(F)F. The van der Waals surface area contributed by atoms with Crippen molar-refractivity contribution in [2.45, 2.75) is 37.7 Å². The summed E-state index contributed by atoms with van der Waals surface area (Å²) in [5.74, 6) is -3.21. The Balaban J connectivity index is 0.000000644. The van der Waals surface area contributed by atoms with Crippen LogP contribution in [0.3, 0.4) is 0 Å². The van der Waals surface area contributed by atoms with Gasteiger partial charge in [0.1, 0.15) is 11.5 Å². The van der Waals surface area contributed by atoms with Gasteiger partial charge in [0.05, 0.1) is 16.6 Å². The van der Waals surface area contributed by atoms with Gasteiger partial charge in [-0.3, -0.25) is 0 Å². The first-order valence-corrected chi connectivity index (χ1v) is 14.0. The van der Waals surface area contributed by atoms with Crippen LogP contribution in [0.2, 0.25) is 0 Å². The van der Waals surface area contributed by atoms with Crippen LogP contribution in [0.1, 0.15) is 24.8 Å². The van der Waals surface area contributed by atoms with Gasteiger partial charge >= 0.3 is 24.4 Å². The van der Waals surface area contributed by atoms with Crippen molar-refractivity contribution in [1.82, 2.24) is 24.6 Å². The molecule has 0 spiro atoms. The van der Waals surface area contributed by atoms with E-state index in [-0.39, 0.29) is 0 Å². The number of nitrogens with zero attached hydrogens (tertiary/aromatic N) is 5. The molecule has 4 aromatic rings. The molecule has 0 radical (unpaired) electrons. The zero-order valence-electron chi connectivity index (χ0n) is 24.9. The highest BCUT2D eigenvalue weighted by atomic mass is 19.4. The summed E-state index contributed by atoms with van der Waals surface area (Å²) in [6, 6.07) is 8.16. The summed E-state index contributed by atoms with van der Waals surface area (Å²) in [4.78, 5) is 32.7. The molecule has 5 rings (SSSR count).